The average molecular weight is 306 g/mol. The first kappa shape index (κ1) is 13.7. The van der Waals surface area contributed by atoms with E-state index in [0.29, 0.717) is 16.5 Å². The van der Waals surface area contributed by atoms with Crippen molar-refractivity contribution in [1.29, 1.82) is 0 Å². The maximum absolute atomic E-state index is 14.0. The summed E-state index contributed by atoms with van der Waals surface area (Å²) in [6, 6.07) is 7.70. The van der Waals surface area contributed by atoms with E-state index < -0.39 is 11.9 Å². The first-order valence-electron chi connectivity index (χ1n) is 6.37. The Kier molecular flexibility index (Phi) is 3.66. The summed E-state index contributed by atoms with van der Waals surface area (Å²) in [5.74, 6) is 0.950. The molecule has 2 aromatic heterocycles. The summed E-state index contributed by atoms with van der Waals surface area (Å²) >= 11 is 5.78. The van der Waals surface area contributed by atoms with Crippen LogP contribution in [0.3, 0.4) is 0 Å². The number of nitrogens with one attached hydrogen (secondary N) is 1. The number of imidazole rings is 1. The number of anilines is 1. The zero-order valence-electron chi connectivity index (χ0n) is 11.3. The fourth-order valence-electron chi connectivity index (χ4n) is 2.14. The number of benzene rings is 1. The van der Waals surface area contributed by atoms with Crippen LogP contribution in [0.5, 0.6) is 0 Å². The van der Waals surface area contributed by atoms with Crippen LogP contribution in [0.1, 0.15) is 17.6 Å². The van der Waals surface area contributed by atoms with Gasteiger partial charge in [0.05, 0.1) is 12.0 Å². The van der Waals surface area contributed by atoms with Gasteiger partial charge in [0, 0.05) is 24.5 Å². The molecule has 0 bridgehead atoms. The van der Waals surface area contributed by atoms with E-state index in [9.17, 15) is 4.39 Å². The van der Waals surface area contributed by atoms with Crippen LogP contribution in [0.2, 0.25) is 5.02 Å². The summed E-state index contributed by atoms with van der Waals surface area (Å²) in [6.45, 7) is 0. The fraction of sp³-hybridized carbons (Fsp3) is 0.133. The standard InChI is InChI=1S/C15H13ClFN3O/c1-20-7-6-18-15(20)14(13-3-2-8-21-13)19-12-5-4-10(16)9-11(12)17/h2-9,14,19H,1H3. The van der Waals surface area contributed by atoms with Crippen molar-refractivity contribution in [2.75, 3.05) is 5.32 Å². The molecule has 1 N–H and O–H groups in total. The van der Waals surface area contributed by atoms with Crippen molar-refractivity contribution in [2.45, 2.75) is 6.04 Å². The second kappa shape index (κ2) is 5.61. The smallest absolute Gasteiger partial charge is 0.147 e. The lowest BCUT2D eigenvalue weighted by atomic mass is 10.2. The van der Waals surface area contributed by atoms with Gasteiger partial charge in [0.1, 0.15) is 23.4 Å². The summed E-state index contributed by atoms with van der Waals surface area (Å²) in [7, 11) is 1.87. The molecule has 6 heteroatoms. The predicted octanol–water partition coefficient (Wildman–Crippen LogP) is 4.01. The number of furan rings is 1. The maximum atomic E-state index is 14.0. The molecule has 0 radical (unpaired) electrons. The van der Waals surface area contributed by atoms with Gasteiger partial charge < -0.3 is 14.3 Å². The molecule has 108 valence electrons. The molecule has 0 saturated heterocycles. The number of nitrogens with zero attached hydrogens (tertiary/aromatic N) is 2. The van der Waals surface area contributed by atoms with Crippen LogP contribution in [-0.4, -0.2) is 9.55 Å². The van der Waals surface area contributed by atoms with Crippen LogP contribution in [-0.2, 0) is 7.05 Å². The molecule has 2 heterocycles. The van der Waals surface area contributed by atoms with E-state index in [-0.39, 0.29) is 0 Å². The molecule has 3 rings (SSSR count). The molecule has 1 aromatic carbocycles. The number of halogens is 2. The van der Waals surface area contributed by atoms with Crippen LogP contribution >= 0.6 is 11.6 Å². The lowest BCUT2D eigenvalue weighted by Gasteiger charge is -2.18. The van der Waals surface area contributed by atoms with Gasteiger partial charge in [-0.3, -0.25) is 0 Å². The van der Waals surface area contributed by atoms with Crippen molar-refractivity contribution < 1.29 is 8.81 Å². The van der Waals surface area contributed by atoms with E-state index in [4.69, 9.17) is 16.0 Å². The summed E-state index contributed by atoms with van der Waals surface area (Å²) < 4.78 is 21.3. The highest BCUT2D eigenvalue weighted by Gasteiger charge is 2.22. The van der Waals surface area contributed by atoms with E-state index in [0.717, 1.165) is 5.82 Å². The van der Waals surface area contributed by atoms with Gasteiger partial charge in [-0.25, -0.2) is 9.37 Å². The van der Waals surface area contributed by atoms with Crippen molar-refractivity contribution in [3.8, 4) is 0 Å². The molecular formula is C15H13ClFN3O. The van der Waals surface area contributed by atoms with Gasteiger partial charge in [0.2, 0.25) is 0 Å². The first-order chi connectivity index (χ1) is 10.1. The van der Waals surface area contributed by atoms with Crippen molar-refractivity contribution in [3.05, 3.63) is 71.4 Å². The minimum absolute atomic E-state index is 0.337. The highest BCUT2D eigenvalue weighted by molar-refractivity contribution is 6.30. The largest absolute Gasteiger partial charge is 0.467 e. The lowest BCUT2D eigenvalue weighted by Crippen LogP contribution is -2.16. The van der Waals surface area contributed by atoms with Crippen molar-refractivity contribution in [2.24, 2.45) is 7.05 Å². The van der Waals surface area contributed by atoms with Crippen molar-refractivity contribution >= 4 is 17.3 Å². The van der Waals surface area contributed by atoms with E-state index in [1.165, 1.54) is 6.07 Å². The van der Waals surface area contributed by atoms with Crippen molar-refractivity contribution in [3.63, 3.8) is 0 Å². The number of hydrogen-bond acceptors (Lipinski definition) is 3. The van der Waals surface area contributed by atoms with Gasteiger partial charge in [-0.1, -0.05) is 11.6 Å². The first-order valence-corrected chi connectivity index (χ1v) is 6.75. The van der Waals surface area contributed by atoms with Gasteiger partial charge in [0.15, 0.2) is 0 Å². The predicted molar refractivity (Wildman–Crippen MR) is 78.8 cm³/mol. The second-order valence-electron chi connectivity index (χ2n) is 4.61. The molecule has 0 fully saturated rings. The molecule has 0 saturated carbocycles. The van der Waals surface area contributed by atoms with Gasteiger partial charge in [-0.2, -0.15) is 0 Å². The molecule has 3 aromatic rings. The highest BCUT2D eigenvalue weighted by atomic mass is 35.5. The molecule has 1 unspecified atom stereocenters. The molecule has 0 amide bonds. The van der Waals surface area contributed by atoms with Gasteiger partial charge in [-0.15, -0.1) is 0 Å². The monoisotopic (exact) mass is 305 g/mol. The van der Waals surface area contributed by atoms with E-state index in [1.54, 1.807) is 30.7 Å². The molecule has 0 aliphatic heterocycles. The Labute approximate surface area is 126 Å². The van der Waals surface area contributed by atoms with E-state index in [2.05, 4.69) is 10.3 Å². The van der Waals surface area contributed by atoms with Crippen LogP contribution < -0.4 is 5.32 Å². The Morgan fingerprint density at radius 2 is 2.24 bits per heavy atom. The Balaban J connectivity index is 1.99. The Morgan fingerprint density at radius 1 is 1.38 bits per heavy atom. The second-order valence-corrected chi connectivity index (χ2v) is 5.05. The Hall–Kier alpha value is -2.27. The molecule has 4 nitrogen and oxygen atoms in total. The third-order valence-corrected chi connectivity index (χ3v) is 3.41. The zero-order valence-corrected chi connectivity index (χ0v) is 12.0. The lowest BCUT2D eigenvalue weighted by molar-refractivity contribution is 0.487. The molecule has 0 spiro atoms. The minimum Gasteiger partial charge on any atom is -0.467 e. The van der Waals surface area contributed by atoms with Crippen LogP contribution in [0.25, 0.3) is 0 Å². The summed E-state index contributed by atoms with van der Waals surface area (Å²) in [4.78, 5) is 4.31. The fourth-order valence-corrected chi connectivity index (χ4v) is 2.29. The highest BCUT2D eigenvalue weighted by Crippen LogP contribution is 2.28. The molecule has 0 aliphatic rings. The summed E-state index contributed by atoms with van der Waals surface area (Å²) in [5, 5.41) is 3.46. The third kappa shape index (κ3) is 2.78. The topological polar surface area (TPSA) is 43.0 Å². The van der Waals surface area contributed by atoms with Gasteiger partial charge >= 0.3 is 0 Å². The van der Waals surface area contributed by atoms with E-state index in [1.807, 2.05) is 23.9 Å². The van der Waals surface area contributed by atoms with Gasteiger partial charge in [-0.05, 0) is 30.3 Å². The van der Waals surface area contributed by atoms with E-state index >= 15 is 0 Å². The molecule has 0 aliphatic carbocycles. The Bertz CT molecular complexity index is 739. The molecular weight excluding hydrogens is 293 g/mol. The number of rotatable bonds is 4. The van der Waals surface area contributed by atoms with Crippen LogP contribution in [0, 0.1) is 5.82 Å². The number of hydrogen-bond donors (Lipinski definition) is 1. The van der Waals surface area contributed by atoms with Crippen LogP contribution in [0.4, 0.5) is 10.1 Å². The average Bonchev–Trinajstić information content (AvgIpc) is 3.10. The number of aromatic nitrogens is 2. The summed E-state index contributed by atoms with van der Waals surface area (Å²) in [5.41, 5.74) is 0.337. The SMILES string of the molecule is Cn1ccnc1C(Nc1ccc(Cl)cc1F)c1ccco1. The zero-order chi connectivity index (χ0) is 14.8. The van der Waals surface area contributed by atoms with Crippen molar-refractivity contribution in [1.82, 2.24) is 9.55 Å². The number of aryl methyl sites for hydroxylation is 1. The maximum Gasteiger partial charge on any atom is 0.147 e. The Morgan fingerprint density at radius 3 is 2.86 bits per heavy atom. The van der Waals surface area contributed by atoms with Crippen LogP contribution in [0.15, 0.2) is 53.4 Å². The van der Waals surface area contributed by atoms with Gasteiger partial charge in [0.25, 0.3) is 0 Å². The third-order valence-electron chi connectivity index (χ3n) is 3.18. The quantitative estimate of drug-likeness (QED) is 0.792. The summed E-state index contributed by atoms with van der Waals surface area (Å²) in [6.07, 6.45) is 5.08. The molecule has 1 atom stereocenters. The normalized spacial score (nSPS) is 12.3. The minimum atomic E-state index is -0.423. The molecule has 21 heavy (non-hydrogen) atoms.